The minimum atomic E-state index is -0.0848. The van der Waals surface area contributed by atoms with E-state index in [0.29, 0.717) is 17.1 Å². The minimum absolute atomic E-state index is 0.0848. The second kappa shape index (κ2) is 8.32. The number of ketones is 1. The summed E-state index contributed by atoms with van der Waals surface area (Å²) < 4.78 is 10.5. The molecule has 2 N–H and O–H groups in total. The third-order valence-corrected chi connectivity index (χ3v) is 5.67. The van der Waals surface area contributed by atoms with Gasteiger partial charge in [-0.2, -0.15) is 0 Å². The highest BCUT2D eigenvalue weighted by Crippen LogP contribution is 2.44. The molecule has 0 unspecified atom stereocenters. The molecular formula is C23H20N2O3S. The molecule has 1 aliphatic rings. The normalized spacial score (nSPS) is 11.9. The lowest BCUT2D eigenvalue weighted by molar-refractivity contribution is 0.104. The topological polar surface area (TPSA) is 59.6 Å². The molecule has 0 atom stereocenters. The average Bonchev–Trinajstić information content (AvgIpc) is 2.77. The van der Waals surface area contributed by atoms with Gasteiger partial charge in [0.05, 0.1) is 31.3 Å². The van der Waals surface area contributed by atoms with Crippen molar-refractivity contribution in [1.82, 2.24) is 0 Å². The van der Waals surface area contributed by atoms with E-state index in [1.54, 1.807) is 38.2 Å². The Labute approximate surface area is 173 Å². The van der Waals surface area contributed by atoms with Crippen LogP contribution in [0.5, 0.6) is 11.5 Å². The van der Waals surface area contributed by atoms with Crippen molar-refractivity contribution in [3.8, 4) is 11.5 Å². The molecule has 0 saturated heterocycles. The molecule has 3 aromatic rings. The Bertz CT molecular complexity index is 1100. The molecule has 6 heteroatoms. The fourth-order valence-corrected chi connectivity index (χ4v) is 3.98. The highest BCUT2D eigenvalue weighted by atomic mass is 32.2. The van der Waals surface area contributed by atoms with Gasteiger partial charge in [-0.15, -0.1) is 0 Å². The SMILES string of the molecule is COc1ccc(N/C=C/C(=O)c2ccc3c(c2)Nc2ccccc2S3)c(OC)c1. The van der Waals surface area contributed by atoms with Crippen LogP contribution in [0.4, 0.5) is 17.1 Å². The van der Waals surface area contributed by atoms with Crippen molar-refractivity contribution in [3.63, 3.8) is 0 Å². The summed E-state index contributed by atoms with van der Waals surface area (Å²) >= 11 is 1.70. The zero-order chi connectivity index (χ0) is 20.2. The van der Waals surface area contributed by atoms with Crippen molar-refractivity contribution in [1.29, 1.82) is 0 Å². The van der Waals surface area contributed by atoms with E-state index in [2.05, 4.69) is 16.7 Å². The third kappa shape index (κ3) is 4.07. The zero-order valence-electron chi connectivity index (χ0n) is 16.1. The first-order valence-corrected chi connectivity index (χ1v) is 9.87. The number of carbonyl (C=O) groups excluding carboxylic acids is 1. The van der Waals surface area contributed by atoms with E-state index in [1.807, 2.05) is 48.5 Å². The van der Waals surface area contributed by atoms with Crippen molar-refractivity contribution in [3.05, 3.63) is 78.5 Å². The second-order valence-corrected chi connectivity index (χ2v) is 7.43. The van der Waals surface area contributed by atoms with E-state index < -0.39 is 0 Å². The number of methoxy groups -OCH3 is 2. The molecular weight excluding hydrogens is 384 g/mol. The number of fused-ring (bicyclic) bond motifs is 2. The van der Waals surface area contributed by atoms with E-state index >= 15 is 0 Å². The number of benzene rings is 3. The molecule has 0 radical (unpaired) electrons. The van der Waals surface area contributed by atoms with Crippen LogP contribution in [0.3, 0.4) is 0 Å². The number of hydrogen-bond donors (Lipinski definition) is 2. The molecule has 29 heavy (non-hydrogen) atoms. The molecule has 4 rings (SSSR count). The van der Waals surface area contributed by atoms with E-state index in [1.165, 1.54) is 11.0 Å². The molecule has 0 aliphatic carbocycles. The standard InChI is InChI=1S/C23H20N2O3S/c1-27-16-8-9-17(21(14-16)28-2)24-12-11-20(26)15-7-10-23-19(13-15)25-18-5-3-4-6-22(18)29-23/h3-14,24-25H,1-2H3/b12-11+. The monoisotopic (exact) mass is 404 g/mol. The molecule has 1 aliphatic heterocycles. The number of anilines is 3. The Morgan fingerprint density at radius 3 is 2.62 bits per heavy atom. The molecule has 0 bridgehead atoms. The van der Waals surface area contributed by atoms with Gasteiger partial charge in [0.15, 0.2) is 5.78 Å². The summed E-state index contributed by atoms with van der Waals surface area (Å²) in [5.74, 6) is 1.25. The van der Waals surface area contributed by atoms with Crippen LogP contribution in [0.25, 0.3) is 0 Å². The van der Waals surface area contributed by atoms with Crippen LogP contribution in [0.1, 0.15) is 10.4 Å². The van der Waals surface area contributed by atoms with Gasteiger partial charge in [-0.1, -0.05) is 23.9 Å². The summed E-state index contributed by atoms with van der Waals surface area (Å²) in [5.41, 5.74) is 3.37. The van der Waals surface area contributed by atoms with Crippen LogP contribution in [0, 0.1) is 0 Å². The molecule has 1 heterocycles. The lowest BCUT2D eigenvalue weighted by Crippen LogP contribution is -2.03. The van der Waals surface area contributed by atoms with Gasteiger partial charge in [0, 0.05) is 33.7 Å². The molecule has 5 nitrogen and oxygen atoms in total. The van der Waals surface area contributed by atoms with Gasteiger partial charge >= 0.3 is 0 Å². The second-order valence-electron chi connectivity index (χ2n) is 6.34. The van der Waals surface area contributed by atoms with Gasteiger partial charge in [0.1, 0.15) is 11.5 Å². The maximum Gasteiger partial charge on any atom is 0.187 e. The summed E-state index contributed by atoms with van der Waals surface area (Å²) in [6.07, 6.45) is 3.12. The minimum Gasteiger partial charge on any atom is -0.497 e. The summed E-state index contributed by atoms with van der Waals surface area (Å²) in [5, 5.41) is 6.49. The van der Waals surface area contributed by atoms with Crippen molar-refractivity contribution in [2.45, 2.75) is 9.79 Å². The molecule has 3 aromatic carbocycles. The smallest absolute Gasteiger partial charge is 0.187 e. The lowest BCUT2D eigenvalue weighted by Gasteiger charge is -2.20. The van der Waals surface area contributed by atoms with Gasteiger partial charge in [-0.05, 0) is 42.5 Å². The van der Waals surface area contributed by atoms with Gasteiger partial charge in [-0.3, -0.25) is 4.79 Å². The first-order valence-electron chi connectivity index (χ1n) is 9.05. The Morgan fingerprint density at radius 2 is 1.79 bits per heavy atom. The van der Waals surface area contributed by atoms with Gasteiger partial charge < -0.3 is 20.1 Å². The van der Waals surface area contributed by atoms with Gasteiger partial charge in [0.25, 0.3) is 0 Å². The molecule has 0 fully saturated rings. The van der Waals surface area contributed by atoms with Gasteiger partial charge in [-0.25, -0.2) is 0 Å². The highest BCUT2D eigenvalue weighted by molar-refractivity contribution is 7.99. The van der Waals surface area contributed by atoms with Crippen LogP contribution in [-0.2, 0) is 0 Å². The molecule has 0 spiro atoms. The zero-order valence-corrected chi connectivity index (χ0v) is 16.9. The fourth-order valence-electron chi connectivity index (χ4n) is 3.01. The quantitative estimate of drug-likeness (QED) is 0.317. The Kier molecular flexibility index (Phi) is 5.44. The number of rotatable bonds is 6. The number of para-hydroxylation sites is 1. The van der Waals surface area contributed by atoms with E-state index in [4.69, 9.17) is 9.47 Å². The van der Waals surface area contributed by atoms with E-state index in [9.17, 15) is 4.79 Å². The largest absolute Gasteiger partial charge is 0.497 e. The molecule has 0 aromatic heterocycles. The molecule has 0 amide bonds. The summed E-state index contributed by atoms with van der Waals surface area (Å²) in [6, 6.07) is 19.3. The van der Waals surface area contributed by atoms with E-state index in [0.717, 1.165) is 22.0 Å². The third-order valence-electron chi connectivity index (χ3n) is 4.52. The maximum atomic E-state index is 12.6. The van der Waals surface area contributed by atoms with Crippen LogP contribution in [0.2, 0.25) is 0 Å². The van der Waals surface area contributed by atoms with E-state index in [-0.39, 0.29) is 5.78 Å². The van der Waals surface area contributed by atoms with Crippen molar-refractivity contribution in [2.24, 2.45) is 0 Å². The highest BCUT2D eigenvalue weighted by Gasteiger charge is 2.16. The Balaban J connectivity index is 1.47. The summed E-state index contributed by atoms with van der Waals surface area (Å²) in [4.78, 5) is 14.9. The van der Waals surface area contributed by atoms with Crippen LogP contribution in [0.15, 0.2) is 82.7 Å². The Hall–Kier alpha value is -3.38. The van der Waals surface area contributed by atoms with Crippen LogP contribution in [-0.4, -0.2) is 20.0 Å². The van der Waals surface area contributed by atoms with Gasteiger partial charge in [0.2, 0.25) is 0 Å². The number of allylic oxidation sites excluding steroid dienone is 1. The average molecular weight is 404 g/mol. The summed E-state index contributed by atoms with van der Waals surface area (Å²) in [7, 11) is 3.19. The van der Waals surface area contributed by atoms with Crippen molar-refractivity contribution < 1.29 is 14.3 Å². The molecule has 0 saturated carbocycles. The van der Waals surface area contributed by atoms with Crippen LogP contribution < -0.4 is 20.1 Å². The number of ether oxygens (including phenoxy) is 2. The number of hydrogen-bond acceptors (Lipinski definition) is 6. The first-order chi connectivity index (χ1) is 14.2. The maximum absolute atomic E-state index is 12.6. The van der Waals surface area contributed by atoms with Crippen molar-refractivity contribution >= 4 is 34.6 Å². The lowest BCUT2D eigenvalue weighted by atomic mass is 10.1. The molecule has 146 valence electrons. The number of nitrogens with one attached hydrogen (secondary N) is 2. The van der Waals surface area contributed by atoms with Crippen molar-refractivity contribution in [2.75, 3.05) is 24.9 Å². The fraction of sp³-hybridized carbons (Fsp3) is 0.0870. The Morgan fingerprint density at radius 1 is 0.966 bits per heavy atom. The number of carbonyl (C=O) groups is 1. The summed E-state index contributed by atoms with van der Waals surface area (Å²) in [6.45, 7) is 0. The first kappa shape index (κ1) is 19.0. The predicted molar refractivity (Wildman–Crippen MR) is 117 cm³/mol. The predicted octanol–water partition coefficient (Wildman–Crippen LogP) is 5.72. The van der Waals surface area contributed by atoms with Crippen LogP contribution >= 0.6 is 11.8 Å².